The highest BCUT2D eigenvalue weighted by Crippen LogP contribution is 2.20. The summed E-state index contributed by atoms with van der Waals surface area (Å²) in [5.74, 6) is 0. The van der Waals surface area contributed by atoms with Crippen molar-refractivity contribution in [3.63, 3.8) is 0 Å². The number of benzene rings is 1. The number of nitrogens with zero attached hydrogens (tertiary/aromatic N) is 1. The molecule has 0 saturated carbocycles. The first kappa shape index (κ1) is 18.8. The molecule has 0 aliphatic heterocycles. The van der Waals surface area contributed by atoms with E-state index in [0.29, 0.717) is 5.56 Å². The van der Waals surface area contributed by atoms with Gasteiger partial charge in [-0.15, -0.1) is 12.4 Å². The van der Waals surface area contributed by atoms with Gasteiger partial charge in [0.25, 0.3) is 5.69 Å². The maximum atomic E-state index is 12.0. The molecule has 0 heterocycles. The molecule has 1 aromatic carbocycles. The summed E-state index contributed by atoms with van der Waals surface area (Å²) in [6.45, 7) is 3.61. The number of hydrogen-bond acceptors (Lipinski definition) is 5. The van der Waals surface area contributed by atoms with Crippen LogP contribution in [-0.2, 0) is 10.0 Å². The maximum Gasteiger partial charge on any atom is 0.269 e. The van der Waals surface area contributed by atoms with Crippen LogP contribution in [0, 0.1) is 17.0 Å². The van der Waals surface area contributed by atoms with Gasteiger partial charge in [-0.05, 0) is 32.5 Å². The van der Waals surface area contributed by atoms with Crippen molar-refractivity contribution in [2.24, 2.45) is 0 Å². The molecular formula is C11H18ClN3O4S. The molecule has 114 valence electrons. The lowest BCUT2D eigenvalue weighted by Crippen LogP contribution is -2.37. The Balaban J connectivity index is 0.00000361. The van der Waals surface area contributed by atoms with Crippen LogP contribution in [0.3, 0.4) is 0 Å². The molecule has 0 aromatic heterocycles. The molecule has 1 unspecified atom stereocenters. The molecule has 0 fully saturated rings. The van der Waals surface area contributed by atoms with E-state index >= 15 is 0 Å². The molecule has 1 aromatic rings. The van der Waals surface area contributed by atoms with Crippen molar-refractivity contribution in [2.75, 3.05) is 13.6 Å². The third-order valence-electron chi connectivity index (χ3n) is 2.73. The number of nitrogens with one attached hydrogen (secondary N) is 2. The summed E-state index contributed by atoms with van der Waals surface area (Å²) in [5, 5.41) is 13.5. The quantitative estimate of drug-likeness (QED) is 0.605. The molecule has 0 aliphatic rings. The maximum absolute atomic E-state index is 12.0. The fraction of sp³-hybridized carbons (Fsp3) is 0.455. The van der Waals surface area contributed by atoms with Crippen molar-refractivity contribution < 1.29 is 13.3 Å². The SMILES string of the molecule is CNC(C)CNS(=O)(=O)c1ccc([N+](=O)[O-])cc1C.Cl. The normalized spacial score (nSPS) is 12.6. The molecule has 1 rings (SSSR count). The fourth-order valence-corrected chi connectivity index (χ4v) is 2.82. The van der Waals surface area contributed by atoms with E-state index in [0.717, 1.165) is 0 Å². The van der Waals surface area contributed by atoms with E-state index in [9.17, 15) is 18.5 Å². The molecule has 9 heteroatoms. The zero-order valence-electron chi connectivity index (χ0n) is 11.4. The van der Waals surface area contributed by atoms with Crippen LogP contribution < -0.4 is 10.0 Å². The first-order valence-corrected chi connectivity index (χ1v) is 7.18. The Hall–Kier alpha value is -1.22. The largest absolute Gasteiger partial charge is 0.316 e. The Morgan fingerprint density at radius 1 is 1.40 bits per heavy atom. The number of likely N-dealkylation sites (N-methyl/N-ethyl adjacent to an activating group) is 1. The van der Waals surface area contributed by atoms with Crippen molar-refractivity contribution in [3.05, 3.63) is 33.9 Å². The number of rotatable bonds is 6. The topological polar surface area (TPSA) is 101 Å². The summed E-state index contributed by atoms with van der Waals surface area (Å²) in [6.07, 6.45) is 0. The highest BCUT2D eigenvalue weighted by atomic mass is 35.5. The first-order chi connectivity index (χ1) is 8.77. The van der Waals surface area contributed by atoms with Crippen LogP contribution in [0.4, 0.5) is 5.69 Å². The van der Waals surface area contributed by atoms with Crippen molar-refractivity contribution in [1.29, 1.82) is 0 Å². The smallest absolute Gasteiger partial charge is 0.269 e. The van der Waals surface area contributed by atoms with E-state index in [-0.39, 0.29) is 35.6 Å². The van der Waals surface area contributed by atoms with Gasteiger partial charge in [0, 0.05) is 24.7 Å². The van der Waals surface area contributed by atoms with Gasteiger partial charge in [-0.1, -0.05) is 0 Å². The highest BCUT2D eigenvalue weighted by molar-refractivity contribution is 7.89. The minimum Gasteiger partial charge on any atom is -0.316 e. The average molecular weight is 324 g/mol. The second kappa shape index (κ2) is 7.53. The predicted molar refractivity (Wildman–Crippen MR) is 78.8 cm³/mol. The summed E-state index contributed by atoms with van der Waals surface area (Å²) in [4.78, 5) is 10.1. The van der Waals surface area contributed by atoms with Gasteiger partial charge in [0.2, 0.25) is 10.0 Å². The number of nitro benzene ring substituents is 1. The molecule has 7 nitrogen and oxygen atoms in total. The minimum absolute atomic E-state index is 0. The lowest BCUT2D eigenvalue weighted by atomic mass is 10.2. The molecule has 0 radical (unpaired) electrons. The second-order valence-corrected chi connectivity index (χ2v) is 5.98. The molecule has 2 N–H and O–H groups in total. The number of halogens is 1. The van der Waals surface area contributed by atoms with Crippen molar-refractivity contribution >= 4 is 28.1 Å². The second-order valence-electron chi connectivity index (χ2n) is 4.25. The van der Waals surface area contributed by atoms with Gasteiger partial charge in [0.05, 0.1) is 9.82 Å². The van der Waals surface area contributed by atoms with E-state index < -0.39 is 14.9 Å². The highest BCUT2D eigenvalue weighted by Gasteiger charge is 2.19. The Kier molecular flexibility index (Phi) is 7.07. The van der Waals surface area contributed by atoms with Crippen LogP contribution in [0.1, 0.15) is 12.5 Å². The molecule has 0 spiro atoms. The number of sulfonamides is 1. The lowest BCUT2D eigenvalue weighted by Gasteiger charge is -2.13. The van der Waals surface area contributed by atoms with Gasteiger partial charge in [-0.2, -0.15) is 0 Å². The van der Waals surface area contributed by atoms with E-state index in [1.165, 1.54) is 25.1 Å². The fourth-order valence-electron chi connectivity index (χ4n) is 1.46. The van der Waals surface area contributed by atoms with Gasteiger partial charge in [-0.25, -0.2) is 13.1 Å². The summed E-state index contributed by atoms with van der Waals surface area (Å²) in [6, 6.07) is 3.67. The third kappa shape index (κ3) is 4.71. The lowest BCUT2D eigenvalue weighted by molar-refractivity contribution is -0.385. The Morgan fingerprint density at radius 2 is 2.00 bits per heavy atom. The van der Waals surface area contributed by atoms with Crippen LogP contribution in [0.15, 0.2) is 23.1 Å². The zero-order valence-corrected chi connectivity index (χ0v) is 13.0. The van der Waals surface area contributed by atoms with E-state index in [4.69, 9.17) is 0 Å². The molecule has 0 aliphatic carbocycles. The average Bonchev–Trinajstić information content (AvgIpc) is 2.35. The van der Waals surface area contributed by atoms with Crippen LogP contribution in [0.5, 0.6) is 0 Å². The van der Waals surface area contributed by atoms with Crippen LogP contribution in [0.25, 0.3) is 0 Å². The first-order valence-electron chi connectivity index (χ1n) is 5.70. The van der Waals surface area contributed by atoms with E-state index in [1.54, 1.807) is 7.05 Å². The summed E-state index contributed by atoms with van der Waals surface area (Å²) >= 11 is 0. The standard InChI is InChI=1S/C11H17N3O4S.ClH/c1-8-6-10(14(15)16)4-5-11(8)19(17,18)13-7-9(2)12-3;/h4-6,9,12-13H,7H2,1-3H3;1H. The van der Waals surface area contributed by atoms with Crippen LogP contribution >= 0.6 is 12.4 Å². The number of aryl methyl sites for hydroxylation is 1. The van der Waals surface area contributed by atoms with Gasteiger partial charge >= 0.3 is 0 Å². The Labute approximate surface area is 124 Å². The van der Waals surface area contributed by atoms with Crippen molar-refractivity contribution in [1.82, 2.24) is 10.0 Å². The summed E-state index contributed by atoms with van der Waals surface area (Å²) in [5.41, 5.74) is 0.221. The number of hydrogen-bond donors (Lipinski definition) is 2. The molecule has 0 bridgehead atoms. The van der Waals surface area contributed by atoms with Gasteiger partial charge in [0.15, 0.2) is 0 Å². The molecule has 0 saturated heterocycles. The molecule has 0 amide bonds. The van der Waals surface area contributed by atoms with Crippen LogP contribution in [-0.4, -0.2) is 33.0 Å². The number of non-ortho nitro benzene ring substituents is 1. The monoisotopic (exact) mass is 323 g/mol. The van der Waals surface area contributed by atoms with E-state index in [1.807, 2.05) is 6.92 Å². The number of nitro groups is 1. The van der Waals surface area contributed by atoms with Gasteiger partial charge in [0.1, 0.15) is 0 Å². The Bertz CT molecular complexity index is 577. The van der Waals surface area contributed by atoms with Crippen molar-refractivity contribution in [2.45, 2.75) is 24.8 Å². The van der Waals surface area contributed by atoms with Crippen LogP contribution in [0.2, 0.25) is 0 Å². The molecule has 1 atom stereocenters. The third-order valence-corrected chi connectivity index (χ3v) is 4.31. The van der Waals surface area contributed by atoms with Crippen molar-refractivity contribution in [3.8, 4) is 0 Å². The molecule has 20 heavy (non-hydrogen) atoms. The summed E-state index contributed by atoms with van der Waals surface area (Å²) < 4.78 is 26.5. The summed E-state index contributed by atoms with van der Waals surface area (Å²) in [7, 11) is -1.92. The Morgan fingerprint density at radius 3 is 2.45 bits per heavy atom. The molecular weight excluding hydrogens is 306 g/mol. The predicted octanol–water partition coefficient (Wildman–Crippen LogP) is 1.21. The van der Waals surface area contributed by atoms with Gasteiger partial charge < -0.3 is 5.32 Å². The van der Waals surface area contributed by atoms with E-state index in [2.05, 4.69) is 10.0 Å². The zero-order chi connectivity index (χ0) is 14.6. The van der Waals surface area contributed by atoms with Gasteiger partial charge in [-0.3, -0.25) is 10.1 Å². The minimum atomic E-state index is -3.65.